The maximum Gasteiger partial charge on any atom is 0.338 e. The summed E-state index contributed by atoms with van der Waals surface area (Å²) in [4.78, 5) is 12.4. The fourth-order valence-corrected chi connectivity index (χ4v) is 3.42. The summed E-state index contributed by atoms with van der Waals surface area (Å²) in [5, 5.41) is 6.52. The number of benzene rings is 1. The van der Waals surface area contributed by atoms with E-state index in [2.05, 4.69) is 26.6 Å². The molecule has 0 amide bonds. The van der Waals surface area contributed by atoms with Crippen LogP contribution in [0.5, 0.6) is 11.5 Å². The number of rotatable bonds is 5. The number of hydrogen-bond acceptors (Lipinski definition) is 5. The van der Waals surface area contributed by atoms with Crippen LogP contribution in [0.15, 0.2) is 27.9 Å². The molecule has 8 heteroatoms. The van der Waals surface area contributed by atoms with Crippen LogP contribution in [-0.4, -0.2) is 31.9 Å². The molecular weight excluding hydrogens is 396 g/mol. The third-order valence-electron chi connectivity index (χ3n) is 3.55. The topological polar surface area (TPSA) is 68.8 Å². The number of ether oxygens (including phenoxy) is 3. The molecule has 1 atom stereocenters. The average molecular weight is 415 g/mol. The van der Waals surface area contributed by atoms with Crippen LogP contribution < -0.4 is 20.1 Å². The van der Waals surface area contributed by atoms with Crippen molar-refractivity contribution in [3.8, 4) is 11.5 Å². The van der Waals surface area contributed by atoms with Crippen molar-refractivity contribution in [3.63, 3.8) is 0 Å². The molecule has 2 N–H and O–H groups in total. The molecule has 6 nitrogen and oxygen atoms in total. The molecule has 0 fully saturated rings. The van der Waals surface area contributed by atoms with Gasteiger partial charge in [-0.1, -0.05) is 0 Å². The molecule has 1 aliphatic heterocycles. The number of esters is 1. The molecule has 1 aromatic carbocycles. The third-order valence-corrected chi connectivity index (χ3v) is 4.36. The summed E-state index contributed by atoms with van der Waals surface area (Å²) in [6.45, 7) is 3.86. The van der Waals surface area contributed by atoms with Crippen molar-refractivity contribution in [3.05, 3.63) is 33.4 Å². The van der Waals surface area contributed by atoms with Gasteiger partial charge in [-0.25, -0.2) is 4.79 Å². The maximum atomic E-state index is 12.4. The average Bonchev–Trinajstić information content (AvgIpc) is 2.53. The van der Waals surface area contributed by atoms with Crippen molar-refractivity contribution < 1.29 is 19.0 Å². The normalized spacial score (nSPS) is 17.0. The highest BCUT2D eigenvalue weighted by molar-refractivity contribution is 9.10. The Hall–Kier alpha value is -1.80. The molecule has 0 spiro atoms. The largest absolute Gasteiger partial charge is 0.493 e. The van der Waals surface area contributed by atoms with Gasteiger partial charge < -0.3 is 24.8 Å². The van der Waals surface area contributed by atoms with Gasteiger partial charge in [0.1, 0.15) is 0 Å². The van der Waals surface area contributed by atoms with E-state index < -0.39 is 12.0 Å². The van der Waals surface area contributed by atoms with Crippen molar-refractivity contribution in [2.45, 2.75) is 19.9 Å². The van der Waals surface area contributed by atoms with Crippen molar-refractivity contribution in [2.75, 3.05) is 20.8 Å². The Morgan fingerprint density at radius 2 is 2.04 bits per heavy atom. The standard InChI is InChI=1S/C16H19BrN2O4S/c1-5-23-15(20)12-8(2)18-16(24)19-13(12)9-6-10(17)14(22-4)11(7-9)21-3/h6-7,13H,5H2,1-4H3,(H2,18,19,24). The van der Waals surface area contributed by atoms with Crippen molar-refractivity contribution in [2.24, 2.45) is 0 Å². The smallest absolute Gasteiger partial charge is 0.338 e. The molecule has 1 aliphatic rings. The lowest BCUT2D eigenvalue weighted by atomic mass is 9.95. The summed E-state index contributed by atoms with van der Waals surface area (Å²) in [6, 6.07) is 3.22. The van der Waals surface area contributed by atoms with E-state index in [1.165, 1.54) is 0 Å². The Kier molecular flexibility index (Phi) is 6.06. The number of carbonyl (C=O) groups excluding carboxylic acids is 1. The number of nitrogens with one attached hydrogen (secondary N) is 2. The molecule has 130 valence electrons. The van der Waals surface area contributed by atoms with Gasteiger partial charge in [-0.05, 0) is 59.7 Å². The lowest BCUT2D eigenvalue weighted by molar-refractivity contribution is -0.139. The second-order valence-corrected chi connectivity index (χ2v) is 6.29. The SMILES string of the molecule is CCOC(=O)C1=C(C)NC(=S)NC1c1cc(Br)c(OC)c(OC)c1. The van der Waals surface area contributed by atoms with Crippen LogP contribution in [0.4, 0.5) is 0 Å². The van der Waals surface area contributed by atoms with Crippen molar-refractivity contribution in [1.29, 1.82) is 0 Å². The zero-order chi connectivity index (χ0) is 17.9. The molecule has 24 heavy (non-hydrogen) atoms. The summed E-state index contributed by atoms with van der Waals surface area (Å²) in [6.07, 6.45) is 0. The molecule has 1 heterocycles. The van der Waals surface area contributed by atoms with E-state index >= 15 is 0 Å². The maximum absolute atomic E-state index is 12.4. The summed E-state index contributed by atoms with van der Waals surface area (Å²) >= 11 is 8.70. The molecule has 0 aromatic heterocycles. The van der Waals surface area contributed by atoms with Crippen LogP contribution in [0.1, 0.15) is 25.5 Å². The number of thiocarbonyl (C=S) groups is 1. The van der Waals surface area contributed by atoms with Gasteiger partial charge in [-0.2, -0.15) is 0 Å². The highest BCUT2D eigenvalue weighted by Crippen LogP contribution is 2.40. The van der Waals surface area contributed by atoms with Crippen LogP contribution >= 0.6 is 28.1 Å². The lowest BCUT2D eigenvalue weighted by Gasteiger charge is -2.30. The van der Waals surface area contributed by atoms with Gasteiger partial charge in [-0.3, -0.25) is 0 Å². The highest BCUT2D eigenvalue weighted by atomic mass is 79.9. The predicted molar refractivity (Wildman–Crippen MR) is 98.2 cm³/mol. The molecule has 1 unspecified atom stereocenters. The molecular formula is C16H19BrN2O4S. The van der Waals surface area contributed by atoms with Gasteiger partial charge in [0.05, 0.1) is 36.9 Å². The van der Waals surface area contributed by atoms with Gasteiger partial charge in [0, 0.05) is 5.70 Å². The van der Waals surface area contributed by atoms with Gasteiger partial charge in [0.15, 0.2) is 16.6 Å². The van der Waals surface area contributed by atoms with Crippen molar-refractivity contribution >= 4 is 39.2 Å². The molecule has 1 aromatic rings. The van der Waals surface area contributed by atoms with E-state index in [0.29, 0.717) is 39.0 Å². The lowest BCUT2D eigenvalue weighted by Crippen LogP contribution is -2.45. The fourth-order valence-electron chi connectivity index (χ4n) is 2.53. The summed E-state index contributed by atoms with van der Waals surface area (Å²) in [5.41, 5.74) is 1.93. The van der Waals surface area contributed by atoms with Gasteiger partial charge in [0.2, 0.25) is 0 Å². The Balaban J connectivity index is 2.55. The first-order chi connectivity index (χ1) is 11.4. The first-order valence-electron chi connectivity index (χ1n) is 7.29. The van der Waals surface area contributed by atoms with E-state index in [0.717, 1.165) is 5.56 Å². The summed E-state index contributed by atoms with van der Waals surface area (Å²) < 4.78 is 16.6. The number of halogens is 1. The minimum atomic E-state index is -0.450. The summed E-state index contributed by atoms with van der Waals surface area (Å²) in [7, 11) is 3.12. The number of carbonyl (C=O) groups is 1. The molecule has 2 rings (SSSR count). The fraction of sp³-hybridized carbons (Fsp3) is 0.375. The second-order valence-electron chi connectivity index (χ2n) is 5.03. The van der Waals surface area contributed by atoms with Gasteiger partial charge in [-0.15, -0.1) is 0 Å². The predicted octanol–water partition coefficient (Wildman–Crippen LogP) is 2.82. The quantitative estimate of drug-likeness (QED) is 0.566. The van der Waals surface area contributed by atoms with Gasteiger partial charge in [0.25, 0.3) is 0 Å². The third kappa shape index (κ3) is 3.64. The van der Waals surface area contributed by atoms with Crippen LogP contribution in [0.25, 0.3) is 0 Å². The Morgan fingerprint density at radius 1 is 1.33 bits per heavy atom. The van der Waals surface area contributed by atoms with E-state index in [1.807, 2.05) is 12.1 Å². The van der Waals surface area contributed by atoms with E-state index in [1.54, 1.807) is 28.1 Å². The minimum Gasteiger partial charge on any atom is -0.493 e. The zero-order valence-corrected chi connectivity index (χ0v) is 16.3. The number of allylic oxidation sites excluding steroid dienone is 1. The van der Waals surface area contributed by atoms with Gasteiger partial charge >= 0.3 is 5.97 Å². The zero-order valence-electron chi connectivity index (χ0n) is 13.9. The van der Waals surface area contributed by atoms with Crippen LogP contribution in [0.2, 0.25) is 0 Å². The second kappa shape index (κ2) is 7.85. The molecule has 0 saturated heterocycles. The van der Waals surface area contributed by atoms with Crippen LogP contribution in [0.3, 0.4) is 0 Å². The molecule has 0 bridgehead atoms. The van der Waals surface area contributed by atoms with Crippen molar-refractivity contribution in [1.82, 2.24) is 10.6 Å². The summed E-state index contributed by atoms with van der Waals surface area (Å²) in [5.74, 6) is 0.735. The molecule has 0 aliphatic carbocycles. The van der Waals surface area contributed by atoms with Crippen LogP contribution in [-0.2, 0) is 9.53 Å². The Labute approximate surface area is 154 Å². The molecule has 0 radical (unpaired) electrons. The van der Waals surface area contributed by atoms with Crippen LogP contribution in [0, 0.1) is 0 Å². The first-order valence-corrected chi connectivity index (χ1v) is 8.49. The highest BCUT2D eigenvalue weighted by Gasteiger charge is 2.32. The first kappa shape index (κ1) is 18.5. The van der Waals surface area contributed by atoms with E-state index in [4.69, 9.17) is 26.4 Å². The van der Waals surface area contributed by atoms with E-state index in [-0.39, 0.29) is 0 Å². The van der Waals surface area contributed by atoms with E-state index in [9.17, 15) is 4.79 Å². The minimum absolute atomic E-state index is 0.294. The monoisotopic (exact) mass is 414 g/mol. The Bertz CT molecular complexity index is 706. The number of methoxy groups -OCH3 is 2. The molecule has 0 saturated carbocycles. The number of hydrogen-bond donors (Lipinski definition) is 2. The Morgan fingerprint density at radius 3 is 2.62 bits per heavy atom.